The molecule has 0 aromatic heterocycles. The molecule has 0 aliphatic heterocycles. The molecule has 2 aromatic carbocycles. The van der Waals surface area contributed by atoms with Crippen LogP contribution >= 0.6 is 15.9 Å². The van der Waals surface area contributed by atoms with Crippen LogP contribution in [0.2, 0.25) is 0 Å². The van der Waals surface area contributed by atoms with Gasteiger partial charge in [0.2, 0.25) is 0 Å². The van der Waals surface area contributed by atoms with E-state index in [4.69, 9.17) is 5.73 Å². The number of carbonyl (C=O) groups is 1. The predicted octanol–water partition coefficient (Wildman–Crippen LogP) is 3.30. The van der Waals surface area contributed by atoms with E-state index in [9.17, 15) is 9.90 Å². The Morgan fingerprint density at radius 1 is 1.26 bits per heavy atom. The predicted molar refractivity (Wildman–Crippen MR) is 79.4 cm³/mol. The number of phenols is 1. The molecule has 19 heavy (non-hydrogen) atoms. The zero-order valence-corrected chi connectivity index (χ0v) is 11.9. The fourth-order valence-electron chi connectivity index (χ4n) is 1.68. The van der Waals surface area contributed by atoms with E-state index in [0.29, 0.717) is 5.69 Å². The van der Waals surface area contributed by atoms with Gasteiger partial charge in [-0.2, -0.15) is 0 Å². The molecule has 0 fully saturated rings. The Bertz CT molecular complexity index is 641. The molecule has 0 spiro atoms. The van der Waals surface area contributed by atoms with Crippen LogP contribution in [-0.2, 0) is 0 Å². The minimum absolute atomic E-state index is 0.147. The molecule has 0 bridgehead atoms. The number of nitrogens with two attached hydrogens (primary N) is 1. The van der Waals surface area contributed by atoms with Crippen molar-refractivity contribution in [3.63, 3.8) is 0 Å². The van der Waals surface area contributed by atoms with Gasteiger partial charge in [-0.05, 0) is 46.6 Å². The smallest absolute Gasteiger partial charge is 0.259 e. The maximum atomic E-state index is 12.1. The average Bonchev–Trinajstić information content (AvgIpc) is 2.38. The molecule has 98 valence electrons. The number of aryl methyl sites for hydroxylation is 1. The van der Waals surface area contributed by atoms with E-state index in [-0.39, 0.29) is 17.0 Å². The van der Waals surface area contributed by atoms with Crippen LogP contribution < -0.4 is 11.1 Å². The molecule has 2 aromatic rings. The molecule has 0 atom stereocenters. The molecule has 0 radical (unpaired) electrons. The summed E-state index contributed by atoms with van der Waals surface area (Å²) in [5, 5.41) is 12.5. The summed E-state index contributed by atoms with van der Waals surface area (Å²) < 4.78 is 0.812. The highest BCUT2D eigenvalue weighted by atomic mass is 79.9. The van der Waals surface area contributed by atoms with E-state index in [0.717, 1.165) is 10.0 Å². The first kappa shape index (κ1) is 13.4. The van der Waals surface area contributed by atoms with Crippen LogP contribution in [0.4, 0.5) is 11.4 Å². The van der Waals surface area contributed by atoms with Crippen molar-refractivity contribution in [2.45, 2.75) is 6.92 Å². The third kappa shape index (κ3) is 2.71. The van der Waals surface area contributed by atoms with Crippen molar-refractivity contribution in [3.8, 4) is 5.75 Å². The van der Waals surface area contributed by atoms with Crippen LogP contribution in [0.25, 0.3) is 0 Å². The lowest BCUT2D eigenvalue weighted by atomic mass is 10.1. The van der Waals surface area contributed by atoms with Gasteiger partial charge < -0.3 is 16.2 Å². The number of halogens is 1. The number of rotatable bonds is 2. The van der Waals surface area contributed by atoms with Crippen molar-refractivity contribution in [3.05, 3.63) is 52.0 Å². The number of nitrogen functional groups attached to an aromatic ring is 1. The number of carbonyl (C=O) groups excluding carboxylic acids is 1. The van der Waals surface area contributed by atoms with Gasteiger partial charge in [-0.1, -0.05) is 18.2 Å². The number of nitrogens with one attached hydrogen (secondary N) is 1. The van der Waals surface area contributed by atoms with E-state index in [1.807, 2.05) is 19.1 Å². The lowest BCUT2D eigenvalue weighted by Gasteiger charge is -2.10. The van der Waals surface area contributed by atoms with Gasteiger partial charge in [0.05, 0.1) is 16.9 Å². The van der Waals surface area contributed by atoms with E-state index in [2.05, 4.69) is 21.2 Å². The van der Waals surface area contributed by atoms with Gasteiger partial charge >= 0.3 is 0 Å². The average molecular weight is 321 g/mol. The molecule has 5 heteroatoms. The second-order valence-corrected chi connectivity index (χ2v) is 4.93. The Labute approximate surface area is 119 Å². The standard InChI is InChI=1S/C14H13BrN2O2/c1-8-4-2-7-11(12(8)15)17-14(19)9-5-3-6-10(16)13(9)18/h2-7,18H,16H2,1H3,(H,17,19). The van der Waals surface area contributed by atoms with Crippen molar-refractivity contribution < 1.29 is 9.90 Å². The molecule has 0 saturated carbocycles. The lowest BCUT2D eigenvalue weighted by molar-refractivity contribution is 0.102. The van der Waals surface area contributed by atoms with Crippen molar-refractivity contribution in [1.82, 2.24) is 0 Å². The van der Waals surface area contributed by atoms with Gasteiger partial charge in [0.15, 0.2) is 5.75 Å². The second-order valence-electron chi connectivity index (χ2n) is 4.13. The summed E-state index contributed by atoms with van der Waals surface area (Å²) in [6.45, 7) is 1.93. The van der Waals surface area contributed by atoms with Crippen LogP contribution in [0.15, 0.2) is 40.9 Å². The fourth-order valence-corrected chi connectivity index (χ4v) is 2.04. The molecule has 1 amide bonds. The quantitative estimate of drug-likeness (QED) is 0.587. The number of hydrogen-bond acceptors (Lipinski definition) is 3. The Balaban J connectivity index is 2.31. The number of hydrogen-bond donors (Lipinski definition) is 3. The van der Waals surface area contributed by atoms with E-state index < -0.39 is 5.91 Å². The van der Waals surface area contributed by atoms with Crippen molar-refractivity contribution >= 4 is 33.2 Å². The van der Waals surface area contributed by atoms with Crippen LogP contribution in [0.3, 0.4) is 0 Å². The zero-order valence-electron chi connectivity index (χ0n) is 10.3. The molecule has 0 aliphatic carbocycles. The molecule has 0 heterocycles. The minimum atomic E-state index is -0.406. The number of phenolic OH excluding ortho intramolecular Hbond substituents is 1. The SMILES string of the molecule is Cc1cccc(NC(=O)c2cccc(N)c2O)c1Br. The Morgan fingerprint density at radius 2 is 1.95 bits per heavy atom. The lowest BCUT2D eigenvalue weighted by Crippen LogP contribution is -2.13. The van der Waals surface area contributed by atoms with Gasteiger partial charge in [0.25, 0.3) is 5.91 Å². The second kappa shape index (κ2) is 5.32. The highest BCUT2D eigenvalue weighted by molar-refractivity contribution is 9.10. The van der Waals surface area contributed by atoms with E-state index in [1.165, 1.54) is 12.1 Å². The molecule has 4 N–H and O–H groups in total. The monoisotopic (exact) mass is 320 g/mol. The number of aromatic hydroxyl groups is 1. The third-order valence-electron chi connectivity index (χ3n) is 2.75. The first-order valence-electron chi connectivity index (χ1n) is 5.64. The topological polar surface area (TPSA) is 75.4 Å². The maximum Gasteiger partial charge on any atom is 0.259 e. The van der Waals surface area contributed by atoms with Gasteiger partial charge in [-0.3, -0.25) is 4.79 Å². The van der Waals surface area contributed by atoms with E-state index in [1.54, 1.807) is 12.1 Å². The van der Waals surface area contributed by atoms with Gasteiger partial charge in [0, 0.05) is 4.47 Å². The van der Waals surface area contributed by atoms with Crippen molar-refractivity contribution in [2.24, 2.45) is 0 Å². The Kier molecular flexibility index (Phi) is 3.76. The Hall–Kier alpha value is -2.01. The summed E-state index contributed by atoms with van der Waals surface area (Å²) in [7, 11) is 0. The van der Waals surface area contributed by atoms with Gasteiger partial charge in [-0.25, -0.2) is 0 Å². The highest BCUT2D eigenvalue weighted by Crippen LogP contribution is 2.28. The zero-order chi connectivity index (χ0) is 14.0. The summed E-state index contributed by atoms with van der Waals surface area (Å²) in [6, 6.07) is 10.2. The minimum Gasteiger partial charge on any atom is -0.505 e. The van der Waals surface area contributed by atoms with E-state index >= 15 is 0 Å². The van der Waals surface area contributed by atoms with Crippen LogP contribution in [-0.4, -0.2) is 11.0 Å². The van der Waals surface area contributed by atoms with Crippen LogP contribution in [0.5, 0.6) is 5.75 Å². The van der Waals surface area contributed by atoms with Crippen molar-refractivity contribution in [2.75, 3.05) is 11.1 Å². The summed E-state index contributed by atoms with van der Waals surface area (Å²) in [5.41, 5.74) is 7.54. The number of anilines is 2. The molecular formula is C14H13BrN2O2. The molecule has 0 saturated heterocycles. The maximum absolute atomic E-state index is 12.1. The molecular weight excluding hydrogens is 308 g/mol. The normalized spacial score (nSPS) is 10.2. The van der Waals surface area contributed by atoms with Crippen molar-refractivity contribution in [1.29, 1.82) is 0 Å². The number of benzene rings is 2. The van der Waals surface area contributed by atoms with Gasteiger partial charge in [0.1, 0.15) is 0 Å². The van der Waals surface area contributed by atoms with Crippen LogP contribution in [0.1, 0.15) is 15.9 Å². The molecule has 0 aliphatic rings. The summed E-state index contributed by atoms with van der Waals surface area (Å²) in [6.07, 6.45) is 0. The number of para-hydroxylation sites is 1. The first-order valence-corrected chi connectivity index (χ1v) is 6.44. The largest absolute Gasteiger partial charge is 0.505 e. The third-order valence-corrected chi connectivity index (χ3v) is 3.80. The first-order chi connectivity index (χ1) is 9.00. The molecule has 4 nitrogen and oxygen atoms in total. The summed E-state index contributed by atoms with van der Waals surface area (Å²) in [4.78, 5) is 12.1. The fraction of sp³-hybridized carbons (Fsp3) is 0.0714. The molecule has 0 unspecified atom stereocenters. The molecule has 2 rings (SSSR count). The Morgan fingerprint density at radius 3 is 2.68 bits per heavy atom. The highest BCUT2D eigenvalue weighted by Gasteiger charge is 2.14. The summed E-state index contributed by atoms with van der Waals surface area (Å²) >= 11 is 3.41. The summed E-state index contributed by atoms with van der Waals surface area (Å²) in [5.74, 6) is -0.611. The van der Waals surface area contributed by atoms with Crippen LogP contribution in [0, 0.1) is 6.92 Å². The van der Waals surface area contributed by atoms with Gasteiger partial charge in [-0.15, -0.1) is 0 Å². The number of amides is 1.